The van der Waals surface area contributed by atoms with E-state index in [2.05, 4.69) is 16.4 Å². The van der Waals surface area contributed by atoms with Gasteiger partial charge in [0.05, 0.1) is 6.17 Å². The maximum Gasteiger partial charge on any atom is 0.226 e. The van der Waals surface area contributed by atoms with E-state index in [-0.39, 0.29) is 5.92 Å². The summed E-state index contributed by atoms with van der Waals surface area (Å²) in [7, 11) is 0. The number of nitrogens with zero attached hydrogens (tertiary/aromatic N) is 2. The monoisotopic (exact) mass is 208 g/mol. The molecule has 0 aromatic heterocycles. The minimum atomic E-state index is 0.125. The standard InChI is InChI=1S/C12H20N2O/c1-8(2)6-13-7-10-5-11(13)14(10)12(15)9(3)4/h9-11H,1,5-7H2,2-4H3. The highest BCUT2D eigenvalue weighted by atomic mass is 16.2. The van der Waals surface area contributed by atoms with Gasteiger partial charge in [-0.2, -0.15) is 0 Å². The summed E-state index contributed by atoms with van der Waals surface area (Å²) in [6, 6.07) is 0.476. The number of hydrogen-bond acceptors (Lipinski definition) is 2. The minimum Gasteiger partial charge on any atom is -0.322 e. The van der Waals surface area contributed by atoms with E-state index in [4.69, 9.17) is 0 Å². The van der Waals surface area contributed by atoms with Crippen molar-refractivity contribution in [3.05, 3.63) is 12.2 Å². The molecule has 0 aromatic rings. The van der Waals surface area contributed by atoms with Gasteiger partial charge in [0.1, 0.15) is 0 Å². The average Bonchev–Trinajstić information content (AvgIpc) is 2.59. The van der Waals surface area contributed by atoms with Gasteiger partial charge in [0.2, 0.25) is 5.91 Å². The van der Waals surface area contributed by atoms with E-state index in [1.807, 2.05) is 20.8 Å². The van der Waals surface area contributed by atoms with E-state index in [9.17, 15) is 4.79 Å². The number of carbonyl (C=O) groups excluding carboxylic acids is 1. The molecule has 0 aliphatic carbocycles. The molecule has 3 rings (SSSR count). The minimum absolute atomic E-state index is 0.125. The van der Waals surface area contributed by atoms with Gasteiger partial charge in [0.25, 0.3) is 0 Å². The van der Waals surface area contributed by atoms with Crippen LogP contribution >= 0.6 is 0 Å². The van der Waals surface area contributed by atoms with Crippen LogP contribution in [0, 0.1) is 5.92 Å². The zero-order valence-corrected chi connectivity index (χ0v) is 9.86. The highest BCUT2D eigenvalue weighted by Gasteiger charge is 2.52. The Hall–Kier alpha value is -0.830. The third-order valence-corrected chi connectivity index (χ3v) is 3.29. The first-order chi connectivity index (χ1) is 7.00. The smallest absolute Gasteiger partial charge is 0.226 e. The maximum atomic E-state index is 11.9. The normalized spacial score (nSPS) is 29.5. The molecule has 84 valence electrons. The van der Waals surface area contributed by atoms with Gasteiger partial charge in [0.15, 0.2) is 0 Å². The summed E-state index contributed by atoms with van der Waals surface area (Å²) >= 11 is 0. The summed E-state index contributed by atoms with van der Waals surface area (Å²) in [6.07, 6.45) is 1.52. The third kappa shape index (κ3) is 1.69. The molecular weight excluding hydrogens is 188 g/mol. The van der Waals surface area contributed by atoms with Gasteiger partial charge in [-0.3, -0.25) is 9.69 Å². The highest BCUT2D eigenvalue weighted by Crippen LogP contribution is 2.38. The summed E-state index contributed by atoms with van der Waals surface area (Å²) in [5, 5.41) is 0. The van der Waals surface area contributed by atoms with E-state index in [1.165, 1.54) is 5.57 Å². The summed E-state index contributed by atoms with van der Waals surface area (Å²) in [5.41, 5.74) is 1.18. The summed E-state index contributed by atoms with van der Waals surface area (Å²) in [4.78, 5) is 16.3. The molecule has 3 saturated heterocycles. The van der Waals surface area contributed by atoms with Gasteiger partial charge in [-0.25, -0.2) is 0 Å². The number of rotatable bonds is 3. The molecule has 2 unspecified atom stereocenters. The van der Waals surface area contributed by atoms with Crippen LogP contribution in [-0.4, -0.2) is 41.0 Å². The quantitative estimate of drug-likeness (QED) is 0.656. The molecule has 0 spiro atoms. The fraction of sp³-hybridized carbons (Fsp3) is 0.750. The van der Waals surface area contributed by atoms with Crippen molar-refractivity contribution < 1.29 is 4.79 Å². The molecule has 15 heavy (non-hydrogen) atoms. The van der Waals surface area contributed by atoms with Crippen LogP contribution in [0.4, 0.5) is 0 Å². The first-order valence-electron chi connectivity index (χ1n) is 5.71. The number of amides is 1. The molecule has 0 saturated carbocycles. The van der Waals surface area contributed by atoms with Crippen LogP contribution in [0.15, 0.2) is 12.2 Å². The van der Waals surface area contributed by atoms with Crippen LogP contribution in [0.1, 0.15) is 27.2 Å². The van der Waals surface area contributed by atoms with Crippen molar-refractivity contribution in [2.24, 2.45) is 5.92 Å². The molecule has 1 amide bonds. The topological polar surface area (TPSA) is 23.6 Å². The predicted octanol–water partition coefficient (Wildman–Crippen LogP) is 1.46. The van der Waals surface area contributed by atoms with Crippen molar-refractivity contribution >= 4 is 5.91 Å². The van der Waals surface area contributed by atoms with Crippen molar-refractivity contribution in [1.82, 2.24) is 9.80 Å². The zero-order chi connectivity index (χ0) is 11.2. The molecule has 2 bridgehead atoms. The Bertz CT molecular complexity index is 298. The van der Waals surface area contributed by atoms with Crippen molar-refractivity contribution in [3.63, 3.8) is 0 Å². The number of fused-ring (bicyclic) bond motifs is 1. The first-order valence-corrected chi connectivity index (χ1v) is 5.71. The maximum absolute atomic E-state index is 11.9. The lowest BCUT2D eigenvalue weighted by molar-refractivity contribution is -0.145. The van der Waals surface area contributed by atoms with E-state index in [0.29, 0.717) is 18.1 Å². The SMILES string of the molecule is C=C(C)CN1CC2CC1N2C(=O)C(C)C. The Morgan fingerprint density at radius 2 is 2.20 bits per heavy atom. The van der Waals surface area contributed by atoms with Gasteiger partial charge < -0.3 is 4.90 Å². The summed E-state index contributed by atoms with van der Waals surface area (Å²) in [6.45, 7) is 11.9. The molecule has 3 aliphatic heterocycles. The van der Waals surface area contributed by atoms with Crippen molar-refractivity contribution in [3.8, 4) is 0 Å². The fourth-order valence-electron chi connectivity index (χ4n) is 2.60. The Morgan fingerprint density at radius 3 is 2.73 bits per heavy atom. The molecule has 3 nitrogen and oxygen atoms in total. The second kappa shape index (κ2) is 3.63. The van der Waals surface area contributed by atoms with E-state index < -0.39 is 0 Å². The average molecular weight is 208 g/mol. The van der Waals surface area contributed by atoms with Crippen LogP contribution in [0.5, 0.6) is 0 Å². The van der Waals surface area contributed by atoms with Crippen molar-refractivity contribution in [2.75, 3.05) is 13.1 Å². The van der Waals surface area contributed by atoms with Crippen molar-refractivity contribution in [1.29, 1.82) is 0 Å². The van der Waals surface area contributed by atoms with Gasteiger partial charge in [-0.15, -0.1) is 0 Å². The molecule has 0 N–H and O–H groups in total. The van der Waals surface area contributed by atoms with Gasteiger partial charge >= 0.3 is 0 Å². The second-order valence-electron chi connectivity index (χ2n) is 5.16. The molecule has 3 aliphatic rings. The van der Waals surface area contributed by atoms with Crippen molar-refractivity contribution in [2.45, 2.75) is 39.4 Å². The van der Waals surface area contributed by atoms with E-state index in [1.54, 1.807) is 0 Å². The Morgan fingerprint density at radius 1 is 1.53 bits per heavy atom. The van der Waals surface area contributed by atoms with Gasteiger partial charge in [0, 0.05) is 31.5 Å². The molecular formula is C12H20N2O. The Kier molecular flexibility index (Phi) is 2.59. The van der Waals surface area contributed by atoms with Gasteiger partial charge in [-0.05, 0) is 6.92 Å². The highest BCUT2D eigenvalue weighted by molar-refractivity contribution is 5.80. The summed E-state index contributed by atoms with van der Waals surface area (Å²) < 4.78 is 0. The zero-order valence-electron chi connectivity index (χ0n) is 9.86. The first kappa shape index (κ1) is 10.7. The Labute approximate surface area is 91.7 Å². The van der Waals surface area contributed by atoms with Crippen LogP contribution in [0.2, 0.25) is 0 Å². The van der Waals surface area contributed by atoms with Crippen LogP contribution < -0.4 is 0 Å². The Balaban J connectivity index is 1.98. The lowest BCUT2D eigenvalue weighted by atomic mass is 10.0. The lowest BCUT2D eigenvalue weighted by Crippen LogP contribution is -2.56. The molecule has 0 aromatic carbocycles. The van der Waals surface area contributed by atoms with E-state index >= 15 is 0 Å². The molecule has 0 radical (unpaired) electrons. The number of carbonyl (C=O) groups is 1. The third-order valence-electron chi connectivity index (χ3n) is 3.29. The molecule has 3 heterocycles. The number of hydrogen-bond donors (Lipinski definition) is 0. The fourth-order valence-corrected chi connectivity index (χ4v) is 2.60. The predicted molar refractivity (Wildman–Crippen MR) is 60.3 cm³/mol. The van der Waals surface area contributed by atoms with E-state index in [0.717, 1.165) is 19.5 Å². The van der Waals surface area contributed by atoms with Crippen LogP contribution in [0.25, 0.3) is 0 Å². The molecule has 3 fully saturated rings. The molecule has 2 atom stereocenters. The lowest BCUT2D eigenvalue weighted by Gasteiger charge is -2.42. The van der Waals surface area contributed by atoms with Gasteiger partial charge in [-0.1, -0.05) is 26.0 Å². The largest absolute Gasteiger partial charge is 0.322 e. The summed E-state index contributed by atoms with van der Waals surface area (Å²) in [5.74, 6) is 0.431. The van der Waals surface area contributed by atoms with Crippen LogP contribution in [0.3, 0.4) is 0 Å². The van der Waals surface area contributed by atoms with Crippen LogP contribution in [-0.2, 0) is 4.79 Å². The second-order valence-corrected chi connectivity index (χ2v) is 5.16. The molecule has 3 heteroatoms.